The number of nitrogens with zero attached hydrogens (tertiary/aromatic N) is 5. The van der Waals surface area contributed by atoms with Crippen molar-refractivity contribution in [3.8, 4) is 12.1 Å². The molecule has 0 radical (unpaired) electrons. The topological polar surface area (TPSA) is 126 Å². The molecule has 2 aromatic heterocycles. The van der Waals surface area contributed by atoms with Gasteiger partial charge in [-0.05, 0) is 35.2 Å². The molecular weight excluding hydrogens is 448 g/mol. The van der Waals surface area contributed by atoms with Crippen molar-refractivity contribution in [1.82, 2.24) is 20.4 Å². The highest BCUT2D eigenvalue weighted by molar-refractivity contribution is 6.35. The van der Waals surface area contributed by atoms with Crippen LogP contribution in [0.4, 0.5) is 11.4 Å². The summed E-state index contributed by atoms with van der Waals surface area (Å²) < 4.78 is 9.33. The first-order chi connectivity index (χ1) is 16.6. The maximum atomic E-state index is 9.70. The Bertz CT molecular complexity index is 1460. The van der Waals surface area contributed by atoms with Crippen molar-refractivity contribution < 1.29 is 1.37 Å². The zero-order chi connectivity index (χ0) is 25.2. The van der Waals surface area contributed by atoms with Gasteiger partial charge in [-0.25, -0.2) is 0 Å². The number of rotatable bonds is 6. The minimum atomic E-state index is -1.59. The van der Waals surface area contributed by atoms with E-state index in [1.165, 1.54) is 12.4 Å². The summed E-state index contributed by atoms with van der Waals surface area (Å²) in [5, 5.41) is 37.2. The summed E-state index contributed by atoms with van der Waals surface area (Å²) in [6, 6.07) is 12.9. The molecule has 0 spiro atoms. The quantitative estimate of drug-likeness (QED) is 0.343. The van der Waals surface area contributed by atoms with Crippen LogP contribution in [0.15, 0.2) is 48.8 Å². The lowest BCUT2D eigenvalue weighted by Gasteiger charge is -2.22. The number of hydrogen-bond donors (Lipinski definition) is 3. The Morgan fingerprint density at radius 2 is 2.00 bits per heavy atom. The summed E-state index contributed by atoms with van der Waals surface area (Å²) in [4.78, 5) is 4.39. The van der Waals surface area contributed by atoms with Crippen molar-refractivity contribution in [2.24, 2.45) is 5.41 Å². The van der Waals surface area contributed by atoms with Crippen LogP contribution in [0.2, 0.25) is 5.02 Å². The van der Waals surface area contributed by atoms with Crippen molar-refractivity contribution in [2.75, 3.05) is 17.2 Å². The van der Waals surface area contributed by atoms with Crippen LogP contribution in [0, 0.1) is 28.1 Å². The molecule has 4 rings (SSSR count). The van der Waals surface area contributed by atoms with Gasteiger partial charge >= 0.3 is 0 Å². The number of nitriles is 2. The Hall–Kier alpha value is -4.14. The van der Waals surface area contributed by atoms with Gasteiger partial charge in [0.05, 0.1) is 47.0 Å². The van der Waals surface area contributed by atoms with E-state index in [0.29, 0.717) is 56.2 Å². The number of nitrogens with one attached hydrogen (secondary N) is 3. The number of hydrogen-bond acceptors (Lipinski definition) is 7. The summed E-state index contributed by atoms with van der Waals surface area (Å²) in [6.07, 6.45) is 2.96. The molecule has 2 heterocycles. The van der Waals surface area contributed by atoms with Gasteiger partial charge in [0.25, 0.3) is 0 Å². The van der Waals surface area contributed by atoms with Crippen LogP contribution in [-0.2, 0) is 0 Å². The Morgan fingerprint density at radius 3 is 2.68 bits per heavy atom. The predicted molar refractivity (Wildman–Crippen MR) is 132 cm³/mol. The molecule has 170 valence electrons. The van der Waals surface area contributed by atoms with E-state index in [4.69, 9.17) is 11.6 Å². The molecule has 9 heteroatoms. The van der Waals surface area contributed by atoms with E-state index in [-0.39, 0.29) is 5.41 Å². The van der Waals surface area contributed by atoms with Crippen LogP contribution in [0.25, 0.3) is 10.9 Å². The van der Waals surface area contributed by atoms with Gasteiger partial charge in [-0.3, -0.25) is 4.98 Å². The Kier molecular flexibility index (Phi) is 5.99. The first kappa shape index (κ1) is 21.7. The third-order valence-electron chi connectivity index (χ3n) is 5.06. The minimum absolute atomic E-state index is 0.0307. The molecule has 0 bridgehead atoms. The largest absolute Gasteiger partial charge is 0.383 e. The molecule has 4 aromatic rings. The number of anilines is 2. The van der Waals surface area contributed by atoms with E-state index in [1.54, 1.807) is 36.4 Å². The highest BCUT2D eigenvalue weighted by Crippen LogP contribution is 2.36. The molecule has 1 atom stereocenters. The average molecular weight is 472 g/mol. The Morgan fingerprint density at radius 1 is 1.18 bits per heavy atom. The fourth-order valence-corrected chi connectivity index (χ4v) is 3.72. The van der Waals surface area contributed by atoms with Gasteiger partial charge in [0.15, 0.2) is 0 Å². The fraction of sp³-hybridized carbons (Fsp3) is 0.240. The molecule has 0 saturated heterocycles. The van der Waals surface area contributed by atoms with E-state index in [0.717, 1.165) is 0 Å². The molecule has 0 aliphatic heterocycles. The first-order valence-electron chi connectivity index (χ1n) is 11.1. The fourth-order valence-electron chi connectivity index (χ4n) is 3.46. The lowest BCUT2D eigenvalue weighted by Crippen LogP contribution is -2.20. The van der Waals surface area contributed by atoms with Gasteiger partial charge in [0.2, 0.25) is 0 Å². The van der Waals surface area contributed by atoms with Crippen molar-refractivity contribution in [1.29, 1.82) is 10.5 Å². The highest BCUT2D eigenvalue weighted by Gasteiger charge is 2.20. The van der Waals surface area contributed by atoms with E-state index in [9.17, 15) is 11.9 Å². The molecule has 0 unspecified atom stereocenters. The van der Waals surface area contributed by atoms with Crippen LogP contribution >= 0.6 is 11.6 Å². The molecule has 0 saturated carbocycles. The van der Waals surface area contributed by atoms with Crippen molar-refractivity contribution in [3.63, 3.8) is 0 Å². The average Bonchev–Trinajstić information content (AvgIpc) is 3.37. The molecule has 2 aromatic carbocycles. The summed E-state index contributed by atoms with van der Waals surface area (Å²) >= 11 is 6.62. The third-order valence-corrected chi connectivity index (χ3v) is 5.35. The van der Waals surface area contributed by atoms with Crippen LogP contribution in [0.3, 0.4) is 0 Å². The van der Waals surface area contributed by atoms with Crippen LogP contribution in [0.5, 0.6) is 0 Å². The number of halogens is 1. The Labute approximate surface area is 204 Å². The standard InChI is InChI=1S/C25H23ClN8/c1-25(2,3)14-30-22-17(11-28)12-29-24-19(22)8-18(9-20(24)26)32-23(21-13-31-34-33-21)16-6-4-5-15(7-16)10-27/h4-9,12-13,23,32H,14H2,1-3H3,(H,29,30)(H,31,33,34)/t23-/m0/s1/i23D. The second-order valence-corrected chi connectivity index (χ2v) is 9.38. The number of benzene rings is 2. The van der Waals surface area contributed by atoms with Crippen LogP contribution in [0.1, 0.15) is 50.5 Å². The molecule has 0 aliphatic carbocycles. The van der Waals surface area contributed by atoms with Gasteiger partial charge in [-0.1, -0.05) is 44.5 Å². The van der Waals surface area contributed by atoms with Crippen molar-refractivity contribution in [2.45, 2.75) is 26.8 Å². The zero-order valence-electron chi connectivity index (χ0n) is 19.9. The predicted octanol–water partition coefficient (Wildman–Crippen LogP) is 5.41. The van der Waals surface area contributed by atoms with E-state index in [2.05, 4.69) is 63.9 Å². The molecule has 0 aliphatic rings. The number of H-pyrrole nitrogens is 1. The van der Waals surface area contributed by atoms with Crippen LogP contribution < -0.4 is 10.6 Å². The number of fused-ring (bicyclic) bond motifs is 1. The van der Waals surface area contributed by atoms with Gasteiger partial charge in [0.1, 0.15) is 11.8 Å². The van der Waals surface area contributed by atoms with E-state index in [1.807, 2.05) is 0 Å². The third kappa shape index (κ3) is 4.93. The summed E-state index contributed by atoms with van der Waals surface area (Å²) in [6.45, 7) is 6.91. The molecule has 8 nitrogen and oxygen atoms in total. The number of pyridine rings is 1. The maximum absolute atomic E-state index is 9.70. The summed E-state index contributed by atoms with van der Waals surface area (Å²) in [7, 11) is 0. The van der Waals surface area contributed by atoms with Gasteiger partial charge in [-0.15, -0.1) is 0 Å². The van der Waals surface area contributed by atoms with Gasteiger partial charge in [-0.2, -0.15) is 25.9 Å². The van der Waals surface area contributed by atoms with E-state index >= 15 is 0 Å². The van der Waals surface area contributed by atoms with E-state index < -0.39 is 6.02 Å². The smallest absolute Gasteiger partial charge is 0.109 e. The molecular formula is C25H23ClN8. The SMILES string of the molecule is [2H][C@](Nc1cc(Cl)c2ncc(C#N)c(NCC(C)(C)C)c2c1)(c1cccc(C#N)c1)c1cn[nH]n1. The van der Waals surface area contributed by atoms with Crippen molar-refractivity contribution >= 4 is 33.9 Å². The summed E-state index contributed by atoms with van der Waals surface area (Å²) in [5.41, 5.74) is 3.26. The Balaban J connectivity index is 1.86. The zero-order valence-corrected chi connectivity index (χ0v) is 19.7. The lowest BCUT2D eigenvalue weighted by molar-refractivity contribution is 0.443. The molecule has 0 amide bonds. The summed E-state index contributed by atoms with van der Waals surface area (Å²) in [5.74, 6) is 0. The second-order valence-electron chi connectivity index (χ2n) is 8.97. The second kappa shape index (κ2) is 9.38. The maximum Gasteiger partial charge on any atom is 0.109 e. The monoisotopic (exact) mass is 471 g/mol. The van der Waals surface area contributed by atoms with Gasteiger partial charge < -0.3 is 10.6 Å². The lowest BCUT2D eigenvalue weighted by atomic mass is 9.96. The molecule has 34 heavy (non-hydrogen) atoms. The number of aromatic amines is 1. The van der Waals surface area contributed by atoms with Crippen LogP contribution in [-0.4, -0.2) is 26.9 Å². The highest BCUT2D eigenvalue weighted by atomic mass is 35.5. The number of aromatic nitrogens is 4. The molecule has 0 fully saturated rings. The first-order valence-corrected chi connectivity index (χ1v) is 10.9. The normalized spacial score (nSPS) is 13.4. The minimum Gasteiger partial charge on any atom is -0.383 e. The molecule has 3 N–H and O–H groups in total. The van der Waals surface area contributed by atoms with Gasteiger partial charge in [0, 0.05) is 23.8 Å². The van der Waals surface area contributed by atoms with Crippen molar-refractivity contribution in [3.05, 3.63) is 76.2 Å².